The van der Waals surface area contributed by atoms with Gasteiger partial charge in [-0.3, -0.25) is 0 Å². The highest BCUT2D eigenvalue weighted by Crippen LogP contribution is 2.22. The zero-order valence-electron chi connectivity index (χ0n) is 13.5. The van der Waals surface area contributed by atoms with Crippen LogP contribution in [0.1, 0.15) is 16.1 Å². The molecule has 0 aliphatic heterocycles. The third-order valence-electron chi connectivity index (χ3n) is 3.43. The van der Waals surface area contributed by atoms with Gasteiger partial charge in [-0.2, -0.15) is 5.10 Å². The lowest BCUT2D eigenvalue weighted by atomic mass is 10.1. The summed E-state index contributed by atoms with van der Waals surface area (Å²) < 4.78 is 5.60. The van der Waals surface area contributed by atoms with Crippen LogP contribution in [0.15, 0.2) is 76.2 Å². The molecule has 0 saturated carbocycles. The molecule has 2 amide bonds. The number of furan rings is 1. The van der Waals surface area contributed by atoms with Gasteiger partial charge >= 0.3 is 12.0 Å². The molecule has 1 heterocycles. The summed E-state index contributed by atoms with van der Waals surface area (Å²) >= 11 is 0. The van der Waals surface area contributed by atoms with Crippen LogP contribution < -0.4 is 10.7 Å². The Morgan fingerprint density at radius 3 is 2.38 bits per heavy atom. The van der Waals surface area contributed by atoms with Gasteiger partial charge in [0.05, 0.1) is 11.8 Å². The molecule has 3 N–H and O–H groups in total. The number of hydrogen-bond donors (Lipinski definition) is 3. The van der Waals surface area contributed by atoms with Crippen molar-refractivity contribution in [2.45, 2.75) is 0 Å². The summed E-state index contributed by atoms with van der Waals surface area (Å²) in [6.07, 6.45) is 1.37. The number of carbonyl (C=O) groups excluding carboxylic acids is 1. The number of carbonyl (C=O) groups is 2. The van der Waals surface area contributed by atoms with Gasteiger partial charge in [0.25, 0.3) is 0 Å². The van der Waals surface area contributed by atoms with Gasteiger partial charge in [-0.15, -0.1) is 0 Å². The maximum atomic E-state index is 11.7. The minimum Gasteiger partial charge on any atom is -0.478 e. The van der Waals surface area contributed by atoms with Crippen molar-refractivity contribution in [3.05, 3.63) is 78.1 Å². The summed E-state index contributed by atoms with van der Waals surface area (Å²) in [6.45, 7) is 0. The summed E-state index contributed by atoms with van der Waals surface area (Å²) in [5.74, 6) is 0.0307. The van der Waals surface area contributed by atoms with E-state index in [0.717, 1.165) is 5.56 Å². The van der Waals surface area contributed by atoms with Crippen molar-refractivity contribution in [3.63, 3.8) is 0 Å². The Labute approximate surface area is 149 Å². The molecule has 0 unspecified atom stereocenters. The lowest BCUT2D eigenvalue weighted by molar-refractivity contribution is 0.0697. The van der Waals surface area contributed by atoms with Crippen molar-refractivity contribution in [1.29, 1.82) is 0 Å². The van der Waals surface area contributed by atoms with Crippen LogP contribution in [0.3, 0.4) is 0 Å². The zero-order valence-corrected chi connectivity index (χ0v) is 13.5. The van der Waals surface area contributed by atoms with Crippen molar-refractivity contribution in [2.75, 3.05) is 5.32 Å². The van der Waals surface area contributed by atoms with Crippen molar-refractivity contribution in [2.24, 2.45) is 5.10 Å². The highest BCUT2D eigenvalue weighted by atomic mass is 16.4. The van der Waals surface area contributed by atoms with Crippen molar-refractivity contribution in [3.8, 4) is 11.3 Å². The average Bonchev–Trinajstić information content (AvgIpc) is 3.11. The van der Waals surface area contributed by atoms with E-state index in [-0.39, 0.29) is 5.56 Å². The van der Waals surface area contributed by atoms with Gasteiger partial charge in [-0.1, -0.05) is 30.3 Å². The van der Waals surface area contributed by atoms with Crippen LogP contribution in [0.2, 0.25) is 0 Å². The minimum atomic E-state index is -0.983. The summed E-state index contributed by atoms with van der Waals surface area (Å²) in [4.78, 5) is 22.6. The van der Waals surface area contributed by atoms with E-state index in [0.29, 0.717) is 17.2 Å². The molecule has 7 nitrogen and oxygen atoms in total. The van der Waals surface area contributed by atoms with Crippen molar-refractivity contribution < 1.29 is 19.1 Å². The van der Waals surface area contributed by atoms with Gasteiger partial charge in [0, 0.05) is 11.3 Å². The number of amides is 2. The third-order valence-corrected chi connectivity index (χ3v) is 3.43. The molecule has 0 radical (unpaired) electrons. The van der Waals surface area contributed by atoms with Gasteiger partial charge in [0.1, 0.15) is 11.5 Å². The molecule has 2 aromatic carbocycles. The molecule has 130 valence electrons. The Bertz CT molecular complexity index is 931. The van der Waals surface area contributed by atoms with Gasteiger partial charge < -0.3 is 14.8 Å². The fourth-order valence-corrected chi connectivity index (χ4v) is 2.19. The van der Waals surface area contributed by atoms with E-state index < -0.39 is 12.0 Å². The Morgan fingerprint density at radius 1 is 0.962 bits per heavy atom. The molecule has 3 aromatic rings. The molecular weight excluding hydrogens is 334 g/mol. The molecule has 0 aliphatic rings. The Hall–Kier alpha value is -3.87. The Kier molecular flexibility index (Phi) is 5.09. The molecule has 1 aromatic heterocycles. The number of aromatic carboxylic acids is 1. The molecule has 26 heavy (non-hydrogen) atoms. The molecule has 0 spiro atoms. The van der Waals surface area contributed by atoms with Gasteiger partial charge in [0.2, 0.25) is 0 Å². The van der Waals surface area contributed by atoms with Gasteiger partial charge in [-0.25, -0.2) is 15.0 Å². The highest BCUT2D eigenvalue weighted by molar-refractivity contribution is 5.90. The summed E-state index contributed by atoms with van der Waals surface area (Å²) in [7, 11) is 0. The fraction of sp³-hybridized carbons (Fsp3) is 0. The maximum absolute atomic E-state index is 11.7. The largest absolute Gasteiger partial charge is 0.478 e. The molecule has 0 atom stereocenters. The number of benzene rings is 2. The highest BCUT2D eigenvalue weighted by Gasteiger charge is 2.06. The van der Waals surface area contributed by atoms with Crippen LogP contribution in [0.5, 0.6) is 0 Å². The number of urea groups is 1. The summed E-state index contributed by atoms with van der Waals surface area (Å²) in [6, 6.07) is 18.3. The number of carboxylic acids is 1. The molecule has 7 heteroatoms. The zero-order chi connectivity index (χ0) is 18.4. The second-order valence-corrected chi connectivity index (χ2v) is 5.27. The smallest absolute Gasteiger partial charge is 0.339 e. The number of rotatable bonds is 5. The SMILES string of the molecule is O=C(N/N=C\c1ccc(-c2ccc(C(=O)O)cc2)o1)Nc1ccccc1. The fourth-order valence-electron chi connectivity index (χ4n) is 2.19. The van der Waals surface area contributed by atoms with Crippen molar-refractivity contribution in [1.82, 2.24) is 5.43 Å². The molecular formula is C19H15N3O4. The number of nitrogens with zero attached hydrogens (tertiary/aromatic N) is 1. The third kappa shape index (κ3) is 4.35. The minimum absolute atomic E-state index is 0.204. The predicted molar refractivity (Wildman–Crippen MR) is 97.3 cm³/mol. The van der Waals surface area contributed by atoms with E-state index in [2.05, 4.69) is 15.8 Å². The summed E-state index contributed by atoms with van der Waals surface area (Å²) in [5.41, 5.74) is 3.94. The standard InChI is InChI=1S/C19H15N3O4/c23-18(24)14-8-6-13(7-9-14)17-11-10-16(26-17)12-20-22-19(25)21-15-4-2-1-3-5-15/h1-12H,(H,23,24)(H2,21,22,25)/b20-12-. The molecule has 0 fully saturated rings. The quantitative estimate of drug-likeness (QED) is 0.481. The Balaban J connectivity index is 1.58. The van der Waals surface area contributed by atoms with E-state index in [9.17, 15) is 9.59 Å². The van der Waals surface area contributed by atoms with Crippen LogP contribution in [-0.2, 0) is 0 Å². The normalized spacial score (nSPS) is 10.6. The van der Waals surface area contributed by atoms with Crippen LogP contribution in [0.25, 0.3) is 11.3 Å². The number of carboxylic acid groups (broad SMARTS) is 1. The first kappa shape index (κ1) is 17.0. The number of hydrogen-bond acceptors (Lipinski definition) is 4. The second kappa shape index (κ2) is 7.80. The maximum Gasteiger partial charge on any atom is 0.339 e. The number of para-hydroxylation sites is 1. The van der Waals surface area contributed by atoms with E-state index in [1.807, 2.05) is 18.2 Å². The lowest BCUT2D eigenvalue weighted by Crippen LogP contribution is -2.24. The molecule has 3 rings (SSSR count). The number of nitrogens with one attached hydrogen (secondary N) is 2. The molecule has 0 aliphatic carbocycles. The predicted octanol–water partition coefficient (Wildman–Crippen LogP) is 3.80. The van der Waals surface area contributed by atoms with E-state index >= 15 is 0 Å². The van der Waals surface area contributed by atoms with E-state index in [4.69, 9.17) is 9.52 Å². The molecule has 0 saturated heterocycles. The van der Waals surface area contributed by atoms with Crippen LogP contribution in [0, 0.1) is 0 Å². The average molecular weight is 349 g/mol. The van der Waals surface area contributed by atoms with Crippen LogP contribution >= 0.6 is 0 Å². The van der Waals surface area contributed by atoms with E-state index in [1.165, 1.54) is 18.3 Å². The Morgan fingerprint density at radius 2 is 1.69 bits per heavy atom. The number of hydrazone groups is 1. The first-order valence-electron chi connectivity index (χ1n) is 7.70. The lowest BCUT2D eigenvalue weighted by Gasteiger charge is -2.02. The first-order chi connectivity index (χ1) is 12.6. The number of anilines is 1. The van der Waals surface area contributed by atoms with E-state index in [1.54, 1.807) is 36.4 Å². The molecule has 0 bridgehead atoms. The van der Waals surface area contributed by atoms with Crippen LogP contribution in [0.4, 0.5) is 10.5 Å². The monoisotopic (exact) mass is 349 g/mol. The van der Waals surface area contributed by atoms with Gasteiger partial charge in [-0.05, 0) is 36.4 Å². The second-order valence-electron chi connectivity index (χ2n) is 5.27. The first-order valence-corrected chi connectivity index (χ1v) is 7.70. The topological polar surface area (TPSA) is 104 Å². The van der Waals surface area contributed by atoms with Crippen molar-refractivity contribution >= 4 is 23.9 Å². The van der Waals surface area contributed by atoms with Crippen LogP contribution in [-0.4, -0.2) is 23.3 Å². The van der Waals surface area contributed by atoms with Gasteiger partial charge in [0.15, 0.2) is 0 Å². The summed E-state index contributed by atoms with van der Waals surface area (Å²) in [5, 5.41) is 15.4.